The Hall–Kier alpha value is -1.94. The fourth-order valence-electron chi connectivity index (χ4n) is 2.36. The van der Waals surface area contributed by atoms with E-state index in [1.165, 1.54) is 14.5 Å². The number of carbonyl (C=O) groups is 1. The van der Waals surface area contributed by atoms with Gasteiger partial charge in [-0.3, -0.25) is 0 Å². The third kappa shape index (κ3) is 5.27. The Bertz CT molecular complexity index is 841. The first kappa shape index (κ1) is 17.9. The van der Waals surface area contributed by atoms with Gasteiger partial charge < -0.3 is 0 Å². The van der Waals surface area contributed by atoms with Crippen LogP contribution in [0.4, 0.5) is 0 Å². The SMILES string of the molecule is O=C(NCCc1cc(Br)ccc1[Se]c1ccccc1)c1ccccn1. The third-order valence-corrected chi connectivity index (χ3v) is 6.43. The Kier molecular flexibility index (Phi) is 6.40. The number of nitrogens with one attached hydrogen (secondary N) is 1. The van der Waals surface area contributed by atoms with Crippen LogP contribution in [0.15, 0.2) is 77.4 Å². The molecule has 0 atom stereocenters. The van der Waals surface area contributed by atoms with Gasteiger partial charge in [-0.05, 0) is 0 Å². The molecule has 0 spiro atoms. The Morgan fingerprint density at radius 1 is 1.04 bits per heavy atom. The Morgan fingerprint density at radius 3 is 2.60 bits per heavy atom. The maximum absolute atomic E-state index is 12.1. The summed E-state index contributed by atoms with van der Waals surface area (Å²) in [6.45, 7) is 0.587. The molecule has 3 rings (SSSR count). The van der Waals surface area contributed by atoms with E-state index in [2.05, 4.69) is 68.7 Å². The van der Waals surface area contributed by atoms with Crippen molar-refractivity contribution in [2.75, 3.05) is 6.54 Å². The van der Waals surface area contributed by atoms with E-state index < -0.39 is 0 Å². The van der Waals surface area contributed by atoms with Crippen LogP contribution in [0.2, 0.25) is 0 Å². The predicted molar refractivity (Wildman–Crippen MR) is 106 cm³/mol. The van der Waals surface area contributed by atoms with E-state index in [-0.39, 0.29) is 20.9 Å². The zero-order chi connectivity index (χ0) is 17.5. The monoisotopic (exact) mass is 460 g/mol. The first-order valence-electron chi connectivity index (χ1n) is 7.93. The van der Waals surface area contributed by atoms with Crippen molar-refractivity contribution in [2.24, 2.45) is 0 Å². The van der Waals surface area contributed by atoms with Crippen molar-refractivity contribution in [3.05, 3.63) is 88.7 Å². The third-order valence-electron chi connectivity index (χ3n) is 3.57. The van der Waals surface area contributed by atoms with Gasteiger partial charge in [0.25, 0.3) is 0 Å². The van der Waals surface area contributed by atoms with Crippen molar-refractivity contribution in [1.82, 2.24) is 10.3 Å². The van der Waals surface area contributed by atoms with Gasteiger partial charge in [0.15, 0.2) is 0 Å². The van der Waals surface area contributed by atoms with E-state index in [4.69, 9.17) is 0 Å². The van der Waals surface area contributed by atoms with Crippen molar-refractivity contribution in [3.63, 3.8) is 0 Å². The second-order valence-electron chi connectivity index (χ2n) is 5.39. The van der Waals surface area contributed by atoms with Gasteiger partial charge in [0.1, 0.15) is 0 Å². The van der Waals surface area contributed by atoms with Gasteiger partial charge in [0, 0.05) is 0 Å². The van der Waals surface area contributed by atoms with E-state index in [1.54, 1.807) is 18.3 Å². The molecule has 1 heterocycles. The fourth-order valence-corrected chi connectivity index (χ4v) is 4.81. The number of pyridine rings is 1. The number of carbonyl (C=O) groups excluding carboxylic acids is 1. The minimum atomic E-state index is -0.134. The number of hydrogen-bond donors (Lipinski definition) is 1. The molecule has 0 saturated carbocycles. The van der Waals surface area contributed by atoms with Crippen LogP contribution in [0, 0.1) is 0 Å². The van der Waals surface area contributed by atoms with Crippen molar-refractivity contribution in [1.29, 1.82) is 0 Å². The number of halogens is 1. The molecule has 3 nitrogen and oxygen atoms in total. The molecular formula is C20H17BrN2OSe. The maximum atomic E-state index is 12.1. The van der Waals surface area contributed by atoms with Crippen LogP contribution >= 0.6 is 15.9 Å². The minimum absolute atomic E-state index is 0.134. The first-order valence-corrected chi connectivity index (χ1v) is 10.4. The van der Waals surface area contributed by atoms with Crippen LogP contribution in [-0.2, 0) is 6.42 Å². The van der Waals surface area contributed by atoms with Crippen molar-refractivity contribution in [2.45, 2.75) is 6.42 Å². The van der Waals surface area contributed by atoms with Gasteiger partial charge in [0.05, 0.1) is 0 Å². The molecule has 1 N–H and O–H groups in total. The van der Waals surface area contributed by atoms with E-state index in [0.717, 1.165) is 10.9 Å². The number of benzene rings is 2. The molecule has 2 aromatic carbocycles. The molecule has 0 unspecified atom stereocenters. The van der Waals surface area contributed by atoms with Gasteiger partial charge in [-0.15, -0.1) is 0 Å². The van der Waals surface area contributed by atoms with Gasteiger partial charge in [-0.25, -0.2) is 0 Å². The topological polar surface area (TPSA) is 42.0 Å². The average Bonchev–Trinajstić information content (AvgIpc) is 2.65. The van der Waals surface area contributed by atoms with Crippen LogP contribution in [0.1, 0.15) is 16.1 Å². The summed E-state index contributed by atoms with van der Waals surface area (Å²) in [6.07, 6.45) is 2.42. The Morgan fingerprint density at radius 2 is 1.84 bits per heavy atom. The molecule has 1 amide bonds. The number of nitrogens with zero attached hydrogens (tertiary/aromatic N) is 1. The summed E-state index contributed by atoms with van der Waals surface area (Å²) in [5.41, 5.74) is 1.71. The fraction of sp³-hybridized carbons (Fsp3) is 0.100. The second kappa shape index (κ2) is 8.95. The van der Waals surface area contributed by atoms with E-state index >= 15 is 0 Å². The van der Waals surface area contributed by atoms with Crippen LogP contribution < -0.4 is 14.2 Å². The number of amides is 1. The van der Waals surface area contributed by atoms with Crippen LogP contribution in [0.3, 0.4) is 0 Å². The summed E-state index contributed by atoms with van der Waals surface area (Å²) in [5.74, 6) is -0.134. The molecule has 0 bridgehead atoms. The predicted octanol–water partition coefficient (Wildman–Crippen LogP) is 2.47. The molecule has 0 aliphatic rings. The summed E-state index contributed by atoms with van der Waals surface area (Å²) >= 11 is 3.80. The van der Waals surface area contributed by atoms with Crippen molar-refractivity contribution >= 4 is 45.7 Å². The Balaban J connectivity index is 1.65. The van der Waals surface area contributed by atoms with E-state index in [0.29, 0.717) is 12.2 Å². The molecule has 0 fully saturated rings. The summed E-state index contributed by atoms with van der Waals surface area (Å²) < 4.78 is 3.75. The van der Waals surface area contributed by atoms with Crippen molar-refractivity contribution < 1.29 is 4.79 Å². The molecule has 25 heavy (non-hydrogen) atoms. The zero-order valence-corrected chi connectivity index (χ0v) is 16.8. The summed E-state index contributed by atoms with van der Waals surface area (Å²) in [7, 11) is 0. The molecule has 1 aromatic heterocycles. The van der Waals surface area contributed by atoms with Gasteiger partial charge >= 0.3 is 162 Å². The second-order valence-corrected chi connectivity index (χ2v) is 8.64. The van der Waals surface area contributed by atoms with Crippen molar-refractivity contribution in [3.8, 4) is 0 Å². The van der Waals surface area contributed by atoms with E-state index in [1.807, 2.05) is 12.1 Å². The average molecular weight is 460 g/mol. The first-order chi connectivity index (χ1) is 12.2. The normalized spacial score (nSPS) is 10.4. The van der Waals surface area contributed by atoms with Crippen LogP contribution in [0.5, 0.6) is 0 Å². The molecule has 0 aliphatic heterocycles. The molecular weight excluding hydrogens is 443 g/mol. The van der Waals surface area contributed by atoms with E-state index in [9.17, 15) is 4.79 Å². The summed E-state index contributed by atoms with van der Waals surface area (Å²) in [4.78, 5) is 16.2. The van der Waals surface area contributed by atoms with Crippen LogP contribution in [-0.4, -0.2) is 32.4 Å². The molecule has 5 heteroatoms. The van der Waals surface area contributed by atoms with Gasteiger partial charge in [0.2, 0.25) is 0 Å². The zero-order valence-electron chi connectivity index (χ0n) is 13.5. The van der Waals surface area contributed by atoms with Gasteiger partial charge in [-0.2, -0.15) is 0 Å². The Labute approximate surface area is 162 Å². The number of rotatable bonds is 6. The summed E-state index contributed by atoms with van der Waals surface area (Å²) in [5, 5.41) is 2.95. The molecule has 3 aromatic rings. The summed E-state index contributed by atoms with van der Waals surface area (Å²) in [6, 6.07) is 22.2. The standard InChI is InChI=1S/C20H17BrN2OSe/c21-16-9-10-19(25-17-6-2-1-3-7-17)15(14-16)11-13-23-20(24)18-8-4-5-12-22-18/h1-10,12,14H,11,13H2,(H,23,24). The molecule has 126 valence electrons. The quantitative estimate of drug-likeness (QED) is 0.575. The number of hydrogen-bond acceptors (Lipinski definition) is 2. The van der Waals surface area contributed by atoms with Gasteiger partial charge in [-0.1, -0.05) is 0 Å². The number of aromatic nitrogens is 1. The molecule has 0 radical (unpaired) electrons. The molecule has 0 saturated heterocycles. The van der Waals surface area contributed by atoms with Crippen LogP contribution in [0.25, 0.3) is 0 Å². The molecule has 0 aliphatic carbocycles.